The molecule has 0 heterocycles. The van der Waals surface area contributed by atoms with E-state index in [1.165, 1.54) is 7.11 Å². The highest BCUT2D eigenvalue weighted by atomic mass is 16.5. The van der Waals surface area contributed by atoms with Gasteiger partial charge in [-0.3, -0.25) is 4.79 Å². The Morgan fingerprint density at radius 3 is 2.47 bits per heavy atom. The monoisotopic (exact) mass is 232 g/mol. The number of rotatable bonds is 4. The molecule has 0 aliphatic heterocycles. The van der Waals surface area contributed by atoms with Gasteiger partial charge in [0.05, 0.1) is 19.6 Å². The zero-order valence-electron chi connectivity index (χ0n) is 10.1. The molecule has 1 aliphatic rings. The molecule has 2 atom stereocenters. The van der Waals surface area contributed by atoms with Crippen molar-refractivity contribution in [1.82, 2.24) is 0 Å². The highest BCUT2D eigenvalue weighted by molar-refractivity contribution is 5.88. The number of hydrogen-bond acceptors (Lipinski definition) is 3. The maximum atomic E-state index is 11.9. The van der Waals surface area contributed by atoms with Crippen LogP contribution >= 0.6 is 0 Å². The molecule has 90 valence electrons. The number of ether oxygens (including phenoxy) is 2. The molecule has 3 nitrogen and oxygen atoms in total. The Morgan fingerprint density at radius 1 is 1.41 bits per heavy atom. The summed E-state index contributed by atoms with van der Waals surface area (Å²) in [4.78, 5) is 11.9. The van der Waals surface area contributed by atoms with E-state index in [2.05, 4.69) is 6.58 Å². The van der Waals surface area contributed by atoms with Crippen LogP contribution < -0.4 is 4.74 Å². The minimum absolute atomic E-state index is 0.170. The molecule has 1 fully saturated rings. The average molecular weight is 232 g/mol. The van der Waals surface area contributed by atoms with Crippen molar-refractivity contribution >= 4 is 5.97 Å². The highest BCUT2D eigenvalue weighted by Gasteiger charge is 2.60. The SMILES string of the molecule is C=C[C@@H]1C[C@@]1(C(=O)OC)c1ccc(OC)cc1. The van der Waals surface area contributed by atoms with Gasteiger partial charge < -0.3 is 9.47 Å². The van der Waals surface area contributed by atoms with Gasteiger partial charge in [-0.15, -0.1) is 6.58 Å². The fourth-order valence-corrected chi connectivity index (χ4v) is 2.33. The molecule has 3 heteroatoms. The van der Waals surface area contributed by atoms with Crippen molar-refractivity contribution in [2.45, 2.75) is 11.8 Å². The molecular weight excluding hydrogens is 216 g/mol. The Bertz CT molecular complexity index is 435. The van der Waals surface area contributed by atoms with Crippen molar-refractivity contribution in [2.24, 2.45) is 5.92 Å². The van der Waals surface area contributed by atoms with E-state index in [0.29, 0.717) is 0 Å². The van der Waals surface area contributed by atoms with Gasteiger partial charge in [-0.25, -0.2) is 0 Å². The van der Waals surface area contributed by atoms with Crippen LogP contribution in [0.25, 0.3) is 0 Å². The van der Waals surface area contributed by atoms with Gasteiger partial charge in [0, 0.05) is 0 Å². The molecule has 1 aliphatic carbocycles. The number of carbonyl (C=O) groups excluding carboxylic acids is 1. The first-order valence-electron chi connectivity index (χ1n) is 5.54. The second-order valence-electron chi connectivity index (χ2n) is 4.24. The number of hydrogen-bond donors (Lipinski definition) is 0. The topological polar surface area (TPSA) is 35.5 Å². The standard InChI is InChI=1S/C14H16O3/c1-4-10-9-14(10,13(15)17-3)11-5-7-12(16-2)8-6-11/h4-8,10H,1,9H2,2-3H3/t10-,14+/m1/s1. The van der Waals surface area contributed by atoms with E-state index in [1.54, 1.807) is 7.11 Å². The maximum Gasteiger partial charge on any atom is 0.316 e. The van der Waals surface area contributed by atoms with Crippen LogP contribution in [-0.4, -0.2) is 20.2 Å². The summed E-state index contributed by atoms with van der Waals surface area (Å²) >= 11 is 0. The molecule has 0 N–H and O–H groups in total. The van der Waals surface area contributed by atoms with Crippen LogP contribution in [0.5, 0.6) is 5.75 Å². The second kappa shape index (κ2) is 4.24. The van der Waals surface area contributed by atoms with Crippen LogP contribution in [0.3, 0.4) is 0 Å². The summed E-state index contributed by atoms with van der Waals surface area (Å²) in [5.74, 6) is 0.764. The Labute approximate surface area is 101 Å². The number of methoxy groups -OCH3 is 2. The molecule has 0 saturated heterocycles. The van der Waals surface area contributed by atoms with Gasteiger partial charge in [-0.05, 0) is 30.0 Å². The summed E-state index contributed by atoms with van der Waals surface area (Å²) in [6.45, 7) is 3.76. The van der Waals surface area contributed by atoms with Crippen LogP contribution in [0.2, 0.25) is 0 Å². The third-order valence-corrected chi connectivity index (χ3v) is 3.45. The predicted octanol–water partition coefficient (Wildman–Crippen LogP) is 2.31. The molecule has 1 saturated carbocycles. The van der Waals surface area contributed by atoms with Crippen molar-refractivity contribution in [3.63, 3.8) is 0 Å². The number of carbonyl (C=O) groups is 1. The van der Waals surface area contributed by atoms with Gasteiger partial charge in [-0.1, -0.05) is 18.2 Å². The van der Waals surface area contributed by atoms with Gasteiger partial charge in [0.15, 0.2) is 0 Å². The molecule has 0 aromatic heterocycles. The zero-order valence-corrected chi connectivity index (χ0v) is 10.1. The summed E-state index contributed by atoms with van der Waals surface area (Å²) in [5.41, 5.74) is 0.443. The van der Waals surface area contributed by atoms with Gasteiger partial charge in [-0.2, -0.15) is 0 Å². The molecular formula is C14H16O3. The zero-order chi connectivity index (χ0) is 12.5. The minimum Gasteiger partial charge on any atom is -0.497 e. The van der Waals surface area contributed by atoms with Gasteiger partial charge in [0.25, 0.3) is 0 Å². The van der Waals surface area contributed by atoms with Gasteiger partial charge >= 0.3 is 5.97 Å². The average Bonchev–Trinajstić information content (AvgIpc) is 3.13. The first-order valence-corrected chi connectivity index (χ1v) is 5.54. The largest absolute Gasteiger partial charge is 0.497 e. The van der Waals surface area contributed by atoms with E-state index in [0.717, 1.165) is 17.7 Å². The van der Waals surface area contributed by atoms with Crippen LogP contribution in [0.15, 0.2) is 36.9 Å². The number of allylic oxidation sites excluding steroid dienone is 1. The normalized spacial score (nSPS) is 26.1. The molecule has 17 heavy (non-hydrogen) atoms. The summed E-state index contributed by atoms with van der Waals surface area (Å²) in [5, 5.41) is 0. The quantitative estimate of drug-likeness (QED) is 0.590. The van der Waals surface area contributed by atoms with Crippen molar-refractivity contribution in [1.29, 1.82) is 0 Å². The second-order valence-corrected chi connectivity index (χ2v) is 4.24. The number of esters is 1. The fraction of sp³-hybridized carbons (Fsp3) is 0.357. The van der Waals surface area contributed by atoms with Crippen molar-refractivity contribution in [3.05, 3.63) is 42.5 Å². The molecule has 0 amide bonds. The van der Waals surface area contributed by atoms with Crippen LogP contribution in [0.1, 0.15) is 12.0 Å². The summed E-state index contributed by atoms with van der Waals surface area (Å²) in [7, 11) is 3.04. The summed E-state index contributed by atoms with van der Waals surface area (Å²) < 4.78 is 10.0. The molecule has 0 spiro atoms. The first kappa shape index (κ1) is 11.7. The summed E-state index contributed by atoms with van der Waals surface area (Å²) in [6, 6.07) is 7.55. The predicted molar refractivity (Wildman–Crippen MR) is 65.0 cm³/mol. The third-order valence-electron chi connectivity index (χ3n) is 3.45. The van der Waals surface area contributed by atoms with E-state index in [1.807, 2.05) is 30.3 Å². The lowest BCUT2D eigenvalue weighted by Crippen LogP contribution is -2.24. The van der Waals surface area contributed by atoms with E-state index in [4.69, 9.17) is 9.47 Å². The smallest absolute Gasteiger partial charge is 0.316 e. The maximum absolute atomic E-state index is 11.9. The molecule has 0 unspecified atom stereocenters. The lowest BCUT2D eigenvalue weighted by Gasteiger charge is -2.14. The fourth-order valence-electron chi connectivity index (χ4n) is 2.33. The highest BCUT2D eigenvalue weighted by Crippen LogP contribution is 2.55. The van der Waals surface area contributed by atoms with E-state index < -0.39 is 5.41 Å². The Balaban J connectivity index is 2.34. The van der Waals surface area contributed by atoms with E-state index >= 15 is 0 Å². The van der Waals surface area contributed by atoms with Crippen molar-refractivity contribution in [3.8, 4) is 5.75 Å². The van der Waals surface area contributed by atoms with E-state index in [9.17, 15) is 4.79 Å². The Morgan fingerprint density at radius 2 is 2.06 bits per heavy atom. The molecule has 1 aromatic carbocycles. The lowest BCUT2D eigenvalue weighted by atomic mass is 9.93. The minimum atomic E-state index is -0.525. The molecule has 0 bridgehead atoms. The Kier molecular flexibility index (Phi) is 2.92. The molecule has 1 aromatic rings. The van der Waals surface area contributed by atoms with Crippen LogP contribution in [0, 0.1) is 5.92 Å². The van der Waals surface area contributed by atoms with Crippen LogP contribution in [-0.2, 0) is 14.9 Å². The number of benzene rings is 1. The van der Waals surface area contributed by atoms with Crippen molar-refractivity contribution < 1.29 is 14.3 Å². The Hall–Kier alpha value is -1.77. The first-order chi connectivity index (χ1) is 8.18. The molecule has 0 radical (unpaired) electrons. The lowest BCUT2D eigenvalue weighted by molar-refractivity contribution is -0.144. The van der Waals surface area contributed by atoms with E-state index in [-0.39, 0.29) is 11.9 Å². The van der Waals surface area contributed by atoms with Gasteiger partial charge in [0.2, 0.25) is 0 Å². The third kappa shape index (κ3) is 1.71. The van der Waals surface area contributed by atoms with Gasteiger partial charge in [0.1, 0.15) is 5.75 Å². The summed E-state index contributed by atoms with van der Waals surface area (Å²) in [6.07, 6.45) is 2.59. The molecule has 2 rings (SSSR count). The van der Waals surface area contributed by atoms with Crippen molar-refractivity contribution in [2.75, 3.05) is 14.2 Å². The van der Waals surface area contributed by atoms with Crippen LogP contribution in [0.4, 0.5) is 0 Å².